The third-order valence-corrected chi connectivity index (χ3v) is 5.44. The molecule has 0 amide bonds. The Hall–Kier alpha value is -1.60. The van der Waals surface area contributed by atoms with Crippen molar-refractivity contribution < 1.29 is 5.11 Å². The summed E-state index contributed by atoms with van der Waals surface area (Å²) in [7, 11) is 0. The average molecular weight is 339 g/mol. The zero-order chi connectivity index (χ0) is 18.1. The maximum absolute atomic E-state index is 10.3. The third kappa shape index (κ3) is 6.66. The van der Waals surface area contributed by atoms with Gasteiger partial charge in [-0.2, -0.15) is 0 Å². The van der Waals surface area contributed by atoms with Gasteiger partial charge in [0.05, 0.1) is 6.10 Å². The smallest absolute Gasteiger partial charge is 0.0540 e. The molecule has 136 valence electrons. The van der Waals surface area contributed by atoms with Crippen LogP contribution in [0.1, 0.15) is 76.3 Å². The predicted molar refractivity (Wildman–Crippen MR) is 108 cm³/mol. The summed E-state index contributed by atoms with van der Waals surface area (Å²) in [5.41, 5.74) is 2.98. The molecular formula is C24H34O. The van der Waals surface area contributed by atoms with Gasteiger partial charge in [0.1, 0.15) is 0 Å². The second-order valence-electron chi connectivity index (χ2n) is 8.04. The van der Waals surface area contributed by atoms with Gasteiger partial charge in [0.25, 0.3) is 0 Å². The minimum Gasteiger partial charge on any atom is -0.393 e. The monoisotopic (exact) mass is 338 g/mol. The zero-order valence-corrected chi connectivity index (χ0v) is 16.1. The Morgan fingerprint density at radius 1 is 0.800 bits per heavy atom. The second kappa shape index (κ2) is 9.77. The van der Waals surface area contributed by atoms with Crippen molar-refractivity contribution in [1.29, 1.82) is 0 Å². The van der Waals surface area contributed by atoms with Crippen molar-refractivity contribution >= 4 is 0 Å². The number of aliphatic hydroxyl groups excluding tert-OH is 1. The first-order chi connectivity index (χ1) is 12.0. The van der Waals surface area contributed by atoms with Crippen LogP contribution in [-0.4, -0.2) is 11.2 Å². The zero-order valence-electron chi connectivity index (χ0n) is 16.1. The molecule has 2 unspecified atom stereocenters. The highest BCUT2D eigenvalue weighted by Crippen LogP contribution is 2.29. The highest BCUT2D eigenvalue weighted by atomic mass is 16.3. The van der Waals surface area contributed by atoms with E-state index in [0.29, 0.717) is 5.92 Å². The quantitative estimate of drug-likeness (QED) is 0.526. The Morgan fingerprint density at radius 2 is 1.36 bits per heavy atom. The number of rotatable bonds is 10. The van der Waals surface area contributed by atoms with Crippen LogP contribution in [-0.2, 0) is 5.41 Å². The Labute approximate surface area is 154 Å². The van der Waals surface area contributed by atoms with E-state index in [1.807, 2.05) is 0 Å². The van der Waals surface area contributed by atoms with Crippen LogP contribution in [0.3, 0.4) is 0 Å². The number of hydrogen-bond acceptors (Lipinski definition) is 1. The molecule has 1 N–H and O–H groups in total. The second-order valence-corrected chi connectivity index (χ2v) is 8.04. The summed E-state index contributed by atoms with van der Waals surface area (Å²) >= 11 is 0. The predicted octanol–water partition coefficient (Wildman–Crippen LogP) is 6.47. The summed E-state index contributed by atoms with van der Waals surface area (Å²) in [6.45, 7) is 6.89. The van der Waals surface area contributed by atoms with Gasteiger partial charge in [0.15, 0.2) is 0 Å². The molecule has 0 radical (unpaired) electrons. The molecule has 1 nitrogen and oxygen atoms in total. The first kappa shape index (κ1) is 19.7. The lowest BCUT2D eigenvalue weighted by molar-refractivity contribution is 0.144. The molecule has 25 heavy (non-hydrogen) atoms. The van der Waals surface area contributed by atoms with Crippen molar-refractivity contribution in [2.75, 3.05) is 0 Å². The molecule has 0 saturated heterocycles. The number of hydrogen-bond donors (Lipinski definition) is 1. The van der Waals surface area contributed by atoms with Crippen molar-refractivity contribution in [1.82, 2.24) is 0 Å². The van der Waals surface area contributed by atoms with Gasteiger partial charge in [-0.3, -0.25) is 0 Å². The van der Waals surface area contributed by atoms with E-state index in [0.717, 1.165) is 38.5 Å². The van der Waals surface area contributed by atoms with Crippen LogP contribution in [0.4, 0.5) is 0 Å². The van der Waals surface area contributed by atoms with E-state index >= 15 is 0 Å². The molecule has 0 aromatic heterocycles. The highest BCUT2D eigenvalue weighted by Gasteiger charge is 2.20. The van der Waals surface area contributed by atoms with Crippen LogP contribution in [0.15, 0.2) is 60.7 Å². The van der Waals surface area contributed by atoms with Crippen LogP contribution < -0.4 is 0 Å². The van der Waals surface area contributed by atoms with Crippen LogP contribution in [0.2, 0.25) is 0 Å². The fourth-order valence-corrected chi connectivity index (χ4v) is 3.57. The molecule has 2 rings (SSSR count). The van der Waals surface area contributed by atoms with E-state index in [2.05, 4.69) is 81.4 Å². The van der Waals surface area contributed by atoms with Crippen molar-refractivity contribution in [3.63, 3.8) is 0 Å². The summed E-state index contributed by atoms with van der Waals surface area (Å²) in [6.07, 6.45) is 6.12. The first-order valence-corrected chi connectivity index (χ1v) is 9.77. The lowest BCUT2D eigenvalue weighted by atomic mass is 9.80. The summed E-state index contributed by atoms with van der Waals surface area (Å²) in [4.78, 5) is 0. The van der Waals surface area contributed by atoms with E-state index < -0.39 is 0 Å². The molecule has 0 heterocycles. The van der Waals surface area contributed by atoms with Gasteiger partial charge in [0.2, 0.25) is 0 Å². The largest absolute Gasteiger partial charge is 0.393 e. The van der Waals surface area contributed by atoms with Gasteiger partial charge < -0.3 is 5.11 Å². The van der Waals surface area contributed by atoms with Crippen molar-refractivity contribution in [3.05, 3.63) is 71.8 Å². The molecule has 2 aromatic carbocycles. The Bertz CT molecular complexity index is 588. The average Bonchev–Trinajstić information content (AvgIpc) is 2.63. The van der Waals surface area contributed by atoms with Crippen LogP contribution in [0, 0.1) is 0 Å². The Balaban J connectivity index is 1.65. The van der Waals surface area contributed by atoms with E-state index in [9.17, 15) is 5.11 Å². The number of aliphatic hydroxyl groups is 1. The van der Waals surface area contributed by atoms with Gasteiger partial charge in [-0.1, -0.05) is 94.3 Å². The molecule has 2 aromatic rings. The topological polar surface area (TPSA) is 20.2 Å². The van der Waals surface area contributed by atoms with Gasteiger partial charge in [-0.05, 0) is 48.1 Å². The Kier molecular flexibility index (Phi) is 7.71. The SMILES string of the molecule is CC(CCCC(O)CCCC(C)(C)c1ccccc1)c1ccccc1. The lowest BCUT2D eigenvalue weighted by Crippen LogP contribution is -2.18. The van der Waals surface area contributed by atoms with Crippen molar-refractivity contribution in [3.8, 4) is 0 Å². The van der Waals surface area contributed by atoms with E-state index in [1.165, 1.54) is 11.1 Å². The maximum Gasteiger partial charge on any atom is 0.0540 e. The van der Waals surface area contributed by atoms with Crippen LogP contribution >= 0.6 is 0 Å². The summed E-state index contributed by atoms with van der Waals surface area (Å²) in [6, 6.07) is 21.4. The van der Waals surface area contributed by atoms with Gasteiger partial charge in [-0.15, -0.1) is 0 Å². The van der Waals surface area contributed by atoms with Crippen molar-refractivity contribution in [2.45, 2.75) is 76.7 Å². The molecule has 0 spiro atoms. The van der Waals surface area contributed by atoms with Crippen LogP contribution in [0.25, 0.3) is 0 Å². The molecule has 0 bridgehead atoms. The Morgan fingerprint density at radius 3 is 2.00 bits per heavy atom. The fraction of sp³-hybridized carbons (Fsp3) is 0.500. The molecular weight excluding hydrogens is 304 g/mol. The first-order valence-electron chi connectivity index (χ1n) is 9.77. The molecule has 0 aliphatic heterocycles. The third-order valence-electron chi connectivity index (χ3n) is 5.44. The van der Waals surface area contributed by atoms with Gasteiger partial charge in [0, 0.05) is 0 Å². The molecule has 0 aliphatic rings. The van der Waals surface area contributed by atoms with Crippen molar-refractivity contribution in [2.24, 2.45) is 0 Å². The normalized spacial score (nSPS) is 14.2. The highest BCUT2D eigenvalue weighted by molar-refractivity contribution is 5.23. The molecule has 1 heteroatoms. The van der Waals surface area contributed by atoms with Gasteiger partial charge in [-0.25, -0.2) is 0 Å². The summed E-state index contributed by atoms with van der Waals surface area (Å²) in [5, 5.41) is 10.3. The standard InChI is InChI=1S/C24H34O/c1-20(21-13-6-4-7-14-21)12-10-17-23(25)18-11-19-24(2,3)22-15-8-5-9-16-22/h4-9,13-16,20,23,25H,10-12,17-19H2,1-3H3. The fourth-order valence-electron chi connectivity index (χ4n) is 3.57. The minimum absolute atomic E-state index is 0.158. The molecule has 2 atom stereocenters. The van der Waals surface area contributed by atoms with Gasteiger partial charge >= 0.3 is 0 Å². The molecule has 0 fully saturated rings. The van der Waals surface area contributed by atoms with E-state index in [1.54, 1.807) is 0 Å². The summed E-state index contributed by atoms with van der Waals surface area (Å²) < 4.78 is 0. The van der Waals surface area contributed by atoms with E-state index in [-0.39, 0.29) is 11.5 Å². The lowest BCUT2D eigenvalue weighted by Gasteiger charge is -2.26. The minimum atomic E-state index is -0.158. The molecule has 0 aliphatic carbocycles. The van der Waals surface area contributed by atoms with Crippen LogP contribution in [0.5, 0.6) is 0 Å². The van der Waals surface area contributed by atoms with E-state index in [4.69, 9.17) is 0 Å². The maximum atomic E-state index is 10.3. The molecule has 0 saturated carbocycles. The number of benzene rings is 2. The summed E-state index contributed by atoms with van der Waals surface area (Å²) in [5.74, 6) is 0.574.